The molecule has 172 valence electrons. The lowest BCUT2D eigenvalue weighted by atomic mass is 10.0. The van der Waals surface area contributed by atoms with Gasteiger partial charge in [-0.2, -0.15) is 0 Å². The van der Waals surface area contributed by atoms with Gasteiger partial charge in [0.25, 0.3) is 5.91 Å². The van der Waals surface area contributed by atoms with Gasteiger partial charge < -0.3 is 15.2 Å². The molecule has 0 aromatic heterocycles. The molecular formula is C26H38ClNO3. The quantitative estimate of drug-likeness (QED) is 0.266. The molecule has 0 aliphatic heterocycles. The van der Waals surface area contributed by atoms with Crippen LogP contribution in [0.4, 0.5) is 0 Å². The second kappa shape index (κ2) is 15.1. The first-order valence-electron chi connectivity index (χ1n) is 11.9. The highest BCUT2D eigenvalue weighted by atomic mass is 35.5. The van der Waals surface area contributed by atoms with E-state index in [-0.39, 0.29) is 17.2 Å². The van der Waals surface area contributed by atoms with Crippen molar-refractivity contribution < 1.29 is 14.6 Å². The average molecular weight is 448 g/mol. The topological polar surface area (TPSA) is 58.6 Å². The number of benzene rings is 2. The summed E-state index contributed by atoms with van der Waals surface area (Å²) in [4.78, 5) is 12.4. The number of halogens is 1. The van der Waals surface area contributed by atoms with Crippen LogP contribution in [0.25, 0.3) is 10.8 Å². The lowest BCUT2D eigenvalue weighted by molar-refractivity contribution is 0.0937. The van der Waals surface area contributed by atoms with Gasteiger partial charge in [0.1, 0.15) is 5.75 Å². The summed E-state index contributed by atoms with van der Waals surface area (Å²) in [5.41, 5.74) is 0.204. The summed E-state index contributed by atoms with van der Waals surface area (Å²) in [6, 6.07) is 8.77. The molecule has 0 radical (unpaired) electrons. The third-order valence-electron chi connectivity index (χ3n) is 5.60. The first-order valence-corrected chi connectivity index (χ1v) is 12.3. The Labute approximate surface area is 192 Å². The monoisotopic (exact) mass is 447 g/mol. The molecule has 0 fully saturated rings. The van der Waals surface area contributed by atoms with Crippen LogP contribution < -0.4 is 5.32 Å². The second-order valence-electron chi connectivity index (χ2n) is 8.20. The van der Waals surface area contributed by atoms with Gasteiger partial charge in [-0.05, 0) is 18.9 Å². The van der Waals surface area contributed by atoms with E-state index in [1.54, 1.807) is 6.07 Å². The molecule has 5 heteroatoms. The van der Waals surface area contributed by atoms with Crippen LogP contribution in [0.5, 0.6) is 5.75 Å². The van der Waals surface area contributed by atoms with E-state index in [9.17, 15) is 9.90 Å². The number of amides is 1. The zero-order valence-corrected chi connectivity index (χ0v) is 19.7. The van der Waals surface area contributed by atoms with E-state index < -0.39 is 0 Å². The van der Waals surface area contributed by atoms with Crippen molar-refractivity contribution in [3.8, 4) is 5.75 Å². The normalized spacial score (nSPS) is 11.2. The van der Waals surface area contributed by atoms with Gasteiger partial charge in [0, 0.05) is 35.6 Å². The predicted molar refractivity (Wildman–Crippen MR) is 130 cm³/mol. The molecule has 2 N–H and O–H groups in total. The lowest BCUT2D eigenvalue weighted by Gasteiger charge is -2.11. The standard InChI is InChI=1S/C26H38ClNO3/c1-2-3-4-5-6-7-8-9-10-13-18-31-19-14-17-28-26(30)23-20-24(27)21-15-11-12-16-22(21)25(23)29/h11-12,15-16,20,29H,2-10,13-14,17-19H2,1H3,(H,28,30). The van der Waals surface area contributed by atoms with E-state index in [1.807, 2.05) is 18.2 Å². The van der Waals surface area contributed by atoms with Crippen LogP contribution in [-0.2, 0) is 4.74 Å². The fourth-order valence-electron chi connectivity index (χ4n) is 3.75. The third kappa shape index (κ3) is 9.08. The van der Waals surface area contributed by atoms with Gasteiger partial charge in [0.05, 0.1) is 5.56 Å². The van der Waals surface area contributed by atoms with E-state index in [0.717, 1.165) is 24.8 Å². The van der Waals surface area contributed by atoms with Crippen LogP contribution in [0.15, 0.2) is 30.3 Å². The highest BCUT2D eigenvalue weighted by Crippen LogP contribution is 2.34. The molecule has 2 aromatic carbocycles. The molecule has 2 rings (SSSR count). The molecule has 0 aliphatic rings. The molecule has 0 atom stereocenters. The maximum atomic E-state index is 12.4. The second-order valence-corrected chi connectivity index (χ2v) is 8.61. The van der Waals surface area contributed by atoms with E-state index in [1.165, 1.54) is 63.9 Å². The molecule has 0 aliphatic carbocycles. The van der Waals surface area contributed by atoms with Crippen LogP contribution in [0.2, 0.25) is 5.02 Å². The zero-order valence-electron chi connectivity index (χ0n) is 18.9. The first kappa shape index (κ1) is 25.5. The highest BCUT2D eigenvalue weighted by Gasteiger charge is 2.15. The fourth-order valence-corrected chi connectivity index (χ4v) is 4.03. The Morgan fingerprint density at radius 2 is 1.48 bits per heavy atom. The molecule has 0 bridgehead atoms. The van der Waals surface area contributed by atoms with Crippen molar-refractivity contribution in [1.29, 1.82) is 0 Å². The number of hydrogen-bond acceptors (Lipinski definition) is 3. The van der Waals surface area contributed by atoms with Crippen molar-refractivity contribution in [1.82, 2.24) is 5.32 Å². The van der Waals surface area contributed by atoms with Crippen LogP contribution in [0.1, 0.15) is 87.9 Å². The number of fused-ring (bicyclic) bond motifs is 1. The Bertz CT molecular complexity index is 794. The maximum Gasteiger partial charge on any atom is 0.255 e. The summed E-state index contributed by atoms with van der Waals surface area (Å²) >= 11 is 6.26. The smallest absolute Gasteiger partial charge is 0.255 e. The number of rotatable bonds is 16. The Hall–Kier alpha value is -1.78. The zero-order chi connectivity index (χ0) is 22.3. The number of unbranched alkanes of at least 4 members (excludes halogenated alkanes) is 9. The third-order valence-corrected chi connectivity index (χ3v) is 5.92. The van der Waals surface area contributed by atoms with Gasteiger partial charge >= 0.3 is 0 Å². The van der Waals surface area contributed by atoms with E-state index >= 15 is 0 Å². The Morgan fingerprint density at radius 1 is 0.903 bits per heavy atom. The summed E-state index contributed by atoms with van der Waals surface area (Å²) in [6.07, 6.45) is 13.9. The van der Waals surface area contributed by atoms with Crippen LogP contribution >= 0.6 is 11.6 Å². The number of hydrogen-bond donors (Lipinski definition) is 2. The molecule has 0 spiro atoms. The molecule has 2 aromatic rings. The molecular weight excluding hydrogens is 410 g/mol. The molecule has 4 nitrogen and oxygen atoms in total. The molecule has 1 amide bonds. The van der Waals surface area contributed by atoms with Crippen LogP contribution in [0.3, 0.4) is 0 Å². The van der Waals surface area contributed by atoms with Crippen LogP contribution in [0, 0.1) is 0 Å². The number of aromatic hydroxyl groups is 1. The number of carbonyl (C=O) groups is 1. The fraction of sp³-hybridized carbons (Fsp3) is 0.577. The number of phenols is 1. The maximum absolute atomic E-state index is 12.4. The van der Waals surface area contributed by atoms with Crippen molar-refractivity contribution in [3.63, 3.8) is 0 Å². The Kier molecular flexibility index (Phi) is 12.4. The minimum atomic E-state index is -0.320. The molecule has 0 saturated carbocycles. The number of ether oxygens (including phenoxy) is 1. The minimum Gasteiger partial charge on any atom is -0.506 e. The SMILES string of the molecule is CCCCCCCCCCCCOCCCNC(=O)c1cc(Cl)c2ccccc2c1O. The van der Waals surface area contributed by atoms with Crippen molar-refractivity contribution in [2.45, 2.75) is 77.6 Å². The number of nitrogens with one attached hydrogen (secondary N) is 1. The summed E-state index contributed by atoms with van der Waals surface area (Å²) in [5, 5.41) is 15.0. The van der Waals surface area contributed by atoms with Crippen molar-refractivity contribution in [2.24, 2.45) is 0 Å². The van der Waals surface area contributed by atoms with Crippen molar-refractivity contribution in [3.05, 3.63) is 40.9 Å². The first-order chi connectivity index (χ1) is 15.1. The molecule has 0 saturated heterocycles. The number of carbonyl (C=O) groups excluding carboxylic acids is 1. The number of phenolic OH excluding ortho intramolecular Hbond substituents is 1. The largest absolute Gasteiger partial charge is 0.506 e. The highest BCUT2D eigenvalue weighted by molar-refractivity contribution is 6.36. The van der Waals surface area contributed by atoms with Gasteiger partial charge in [-0.3, -0.25) is 4.79 Å². The Balaban J connectivity index is 1.51. The summed E-state index contributed by atoms with van der Waals surface area (Å²) < 4.78 is 5.67. The average Bonchev–Trinajstić information content (AvgIpc) is 2.78. The van der Waals surface area contributed by atoms with E-state index in [2.05, 4.69) is 12.2 Å². The molecule has 0 unspecified atom stereocenters. The van der Waals surface area contributed by atoms with E-state index in [0.29, 0.717) is 23.6 Å². The van der Waals surface area contributed by atoms with Gasteiger partial charge in [0.15, 0.2) is 0 Å². The predicted octanol–water partition coefficient (Wildman–Crippen LogP) is 7.26. The summed E-state index contributed by atoms with van der Waals surface area (Å²) in [5.74, 6) is -0.352. The van der Waals surface area contributed by atoms with Gasteiger partial charge in [-0.15, -0.1) is 0 Å². The lowest BCUT2D eigenvalue weighted by Crippen LogP contribution is -2.25. The summed E-state index contributed by atoms with van der Waals surface area (Å²) in [7, 11) is 0. The van der Waals surface area contributed by atoms with Crippen molar-refractivity contribution in [2.75, 3.05) is 19.8 Å². The van der Waals surface area contributed by atoms with Gasteiger partial charge in [0.2, 0.25) is 0 Å². The van der Waals surface area contributed by atoms with Crippen LogP contribution in [-0.4, -0.2) is 30.8 Å². The summed E-state index contributed by atoms with van der Waals surface area (Å²) in [6.45, 7) is 4.17. The van der Waals surface area contributed by atoms with E-state index in [4.69, 9.17) is 16.3 Å². The molecule has 0 heterocycles. The minimum absolute atomic E-state index is 0.0327. The Morgan fingerprint density at radius 3 is 2.16 bits per heavy atom. The van der Waals surface area contributed by atoms with Gasteiger partial charge in [-0.25, -0.2) is 0 Å². The van der Waals surface area contributed by atoms with Gasteiger partial charge in [-0.1, -0.05) is 101 Å². The van der Waals surface area contributed by atoms with Crippen molar-refractivity contribution >= 4 is 28.3 Å². The molecule has 31 heavy (non-hydrogen) atoms.